The summed E-state index contributed by atoms with van der Waals surface area (Å²) in [5.41, 5.74) is 0.966. The fourth-order valence-corrected chi connectivity index (χ4v) is 1.56. The summed E-state index contributed by atoms with van der Waals surface area (Å²) in [4.78, 5) is 0. The van der Waals surface area contributed by atoms with Gasteiger partial charge in [0.15, 0.2) is 0 Å². The number of hydrogen-bond donors (Lipinski definition) is 2. The highest BCUT2D eigenvalue weighted by molar-refractivity contribution is 5.18. The van der Waals surface area contributed by atoms with Gasteiger partial charge in [0.25, 0.3) is 0 Å². The predicted molar refractivity (Wildman–Crippen MR) is 59.1 cm³/mol. The van der Waals surface area contributed by atoms with Gasteiger partial charge in [0.05, 0.1) is 6.10 Å². The fraction of sp³-hybridized carbons (Fsp3) is 0.500. The number of rotatable bonds is 4. The molecule has 2 N–H and O–H groups in total. The number of nitrogens with one attached hydrogen (secondary N) is 1. The van der Waals surface area contributed by atoms with Crippen molar-refractivity contribution in [2.75, 3.05) is 0 Å². The molecule has 0 spiro atoms. The van der Waals surface area contributed by atoms with Crippen LogP contribution >= 0.6 is 0 Å². The lowest BCUT2D eigenvalue weighted by Crippen LogP contribution is -2.36. The topological polar surface area (TPSA) is 32.3 Å². The summed E-state index contributed by atoms with van der Waals surface area (Å²) >= 11 is 0. The summed E-state index contributed by atoms with van der Waals surface area (Å²) < 4.78 is 0. The van der Waals surface area contributed by atoms with E-state index in [0.717, 1.165) is 5.56 Å². The third-order valence-corrected chi connectivity index (χ3v) is 2.21. The van der Waals surface area contributed by atoms with E-state index in [2.05, 4.69) is 19.2 Å². The molecule has 78 valence electrons. The highest BCUT2D eigenvalue weighted by Crippen LogP contribution is 2.16. The van der Waals surface area contributed by atoms with Crippen LogP contribution in [0.1, 0.15) is 32.4 Å². The Morgan fingerprint density at radius 1 is 1.07 bits per heavy atom. The summed E-state index contributed by atoms with van der Waals surface area (Å²) in [6.45, 7) is 6.15. The largest absolute Gasteiger partial charge is 0.387 e. The Morgan fingerprint density at radius 3 is 2.14 bits per heavy atom. The molecule has 0 aromatic heterocycles. The molecule has 0 aliphatic heterocycles. The highest BCUT2D eigenvalue weighted by Gasteiger charge is 2.15. The first-order chi connectivity index (χ1) is 6.61. The molecule has 2 nitrogen and oxygen atoms in total. The van der Waals surface area contributed by atoms with Gasteiger partial charge in [0.1, 0.15) is 0 Å². The van der Waals surface area contributed by atoms with Crippen molar-refractivity contribution in [3.8, 4) is 0 Å². The lowest BCUT2D eigenvalue weighted by Gasteiger charge is -2.22. The highest BCUT2D eigenvalue weighted by atomic mass is 16.3. The molecular formula is C12H19NO. The fourth-order valence-electron chi connectivity index (χ4n) is 1.56. The molecule has 14 heavy (non-hydrogen) atoms. The Morgan fingerprint density at radius 2 is 1.64 bits per heavy atom. The quantitative estimate of drug-likeness (QED) is 0.767. The molecule has 0 aliphatic carbocycles. The first kappa shape index (κ1) is 11.2. The molecule has 2 heteroatoms. The van der Waals surface area contributed by atoms with Gasteiger partial charge in [-0.15, -0.1) is 0 Å². The summed E-state index contributed by atoms with van der Waals surface area (Å²) in [6, 6.07) is 10.2. The molecule has 1 unspecified atom stereocenters. The van der Waals surface area contributed by atoms with Crippen molar-refractivity contribution in [1.29, 1.82) is 0 Å². The summed E-state index contributed by atoms with van der Waals surface area (Å²) in [5, 5.41) is 13.3. The van der Waals surface area contributed by atoms with Crippen molar-refractivity contribution in [2.24, 2.45) is 0 Å². The van der Waals surface area contributed by atoms with Crippen molar-refractivity contribution >= 4 is 0 Å². The van der Waals surface area contributed by atoms with Crippen LogP contribution in [0.3, 0.4) is 0 Å². The molecule has 0 saturated heterocycles. The van der Waals surface area contributed by atoms with Gasteiger partial charge in [-0.25, -0.2) is 0 Å². The lowest BCUT2D eigenvalue weighted by molar-refractivity contribution is 0.132. The van der Waals surface area contributed by atoms with Crippen molar-refractivity contribution in [1.82, 2.24) is 5.32 Å². The second kappa shape index (κ2) is 5.13. The second-order valence-electron chi connectivity index (χ2n) is 3.97. The van der Waals surface area contributed by atoms with Gasteiger partial charge >= 0.3 is 0 Å². The lowest BCUT2D eigenvalue weighted by atomic mass is 10.0. The SMILES string of the molecule is CC(C)N[C@@H](C)C(O)c1ccccc1. The average molecular weight is 193 g/mol. The maximum Gasteiger partial charge on any atom is 0.0940 e. The van der Waals surface area contributed by atoms with Crippen molar-refractivity contribution in [3.63, 3.8) is 0 Å². The zero-order chi connectivity index (χ0) is 10.6. The molecular weight excluding hydrogens is 174 g/mol. The van der Waals surface area contributed by atoms with Gasteiger partial charge in [-0.05, 0) is 12.5 Å². The van der Waals surface area contributed by atoms with E-state index >= 15 is 0 Å². The first-order valence-corrected chi connectivity index (χ1v) is 5.10. The number of aliphatic hydroxyl groups is 1. The van der Waals surface area contributed by atoms with E-state index in [0.29, 0.717) is 6.04 Å². The standard InChI is InChI=1S/C12H19NO/c1-9(2)13-10(3)12(14)11-7-5-4-6-8-11/h4-10,12-14H,1-3H3/t10-,12?/m0/s1. The second-order valence-corrected chi connectivity index (χ2v) is 3.97. The molecule has 0 saturated carbocycles. The third-order valence-electron chi connectivity index (χ3n) is 2.21. The summed E-state index contributed by atoms with van der Waals surface area (Å²) in [6.07, 6.45) is -0.432. The van der Waals surface area contributed by atoms with E-state index in [1.807, 2.05) is 37.3 Å². The molecule has 0 radical (unpaired) electrons. The average Bonchev–Trinajstić information content (AvgIpc) is 2.17. The predicted octanol–water partition coefficient (Wildman–Crippen LogP) is 2.11. The molecule has 2 atom stereocenters. The minimum Gasteiger partial charge on any atom is -0.387 e. The van der Waals surface area contributed by atoms with Crippen molar-refractivity contribution < 1.29 is 5.11 Å². The van der Waals surface area contributed by atoms with Crippen molar-refractivity contribution in [3.05, 3.63) is 35.9 Å². The van der Waals surface area contributed by atoms with Gasteiger partial charge in [0.2, 0.25) is 0 Å². The molecule has 0 amide bonds. The van der Waals surface area contributed by atoms with Gasteiger partial charge in [-0.1, -0.05) is 44.2 Å². The van der Waals surface area contributed by atoms with Crippen LogP contribution in [0.5, 0.6) is 0 Å². The Balaban J connectivity index is 2.61. The molecule has 1 aromatic rings. The minimum atomic E-state index is -0.432. The van der Waals surface area contributed by atoms with Gasteiger partial charge in [0, 0.05) is 12.1 Å². The first-order valence-electron chi connectivity index (χ1n) is 5.10. The molecule has 1 aromatic carbocycles. The Hall–Kier alpha value is -0.860. The van der Waals surface area contributed by atoms with E-state index in [1.165, 1.54) is 0 Å². The minimum absolute atomic E-state index is 0.0809. The maximum absolute atomic E-state index is 9.98. The zero-order valence-electron chi connectivity index (χ0n) is 9.07. The van der Waals surface area contributed by atoms with E-state index in [4.69, 9.17) is 0 Å². The van der Waals surface area contributed by atoms with Gasteiger partial charge in [-0.3, -0.25) is 0 Å². The molecule has 0 heterocycles. The van der Waals surface area contributed by atoms with Crippen LogP contribution in [0.25, 0.3) is 0 Å². The van der Waals surface area contributed by atoms with Crippen LogP contribution < -0.4 is 5.32 Å². The summed E-state index contributed by atoms with van der Waals surface area (Å²) in [7, 11) is 0. The zero-order valence-corrected chi connectivity index (χ0v) is 9.07. The normalized spacial score (nSPS) is 15.5. The molecule has 1 rings (SSSR count). The van der Waals surface area contributed by atoms with Crippen LogP contribution in [0.4, 0.5) is 0 Å². The molecule has 0 fully saturated rings. The van der Waals surface area contributed by atoms with E-state index < -0.39 is 6.10 Å². The Bertz CT molecular complexity index is 258. The van der Waals surface area contributed by atoms with E-state index in [1.54, 1.807) is 0 Å². The number of benzene rings is 1. The van der Waals surface area contributed by atoms with E-state index in [-0.39, 0.29) is 6.04 Å². The van der Waals surface area contributed by atoms with Crippen LogP contribution in [-0.2, 0) is 0 Å². The van der Waals surface area contributed by atoms with Gasteiger partial charge in [-0.2, -0.15) is 0 Å². The molecule has 0 bridgehead atoms. The molecule has 0 aliphatic rings. The Kier molecular flexibility index (Phi) is 4.11. The van der Waals surface area contributed by atoms with Crippen LogP contribution in [-0.4, -0.2) is 17.2 Å². The number of hydrogen-bond acceptors (Lipinski definition) is 2. The van der Waals surface area contributed by atoms with Crippen LogP contribution in [0, 0.1) is 0 Å². The van der Waals surface area contributed by atoms with Crippen LogP contribution in [0.15, 0.2) is 30.3 Å². The smallest absolute Gasteiger partial charge is 0.0940 e. The summed E-state index contributed by atoms with van der Waals surface area (Å²) in [5.74, 6) is 0. The Labute approximate surface area is 86.0 Å². The number of aliphatic hydroxyl groups excluding tert-OH is 1. The van der Waals surface area contributed by atoms with Crippen molar-refractivity contribution in [2.45, 2.75) is 39.0 Å². The van der Waals surface area contributed by atoms with E-state index in [9.17, 15) is 5.11 Å². The van der Waals surface area contributed by atoms with Crippen LogP contribution in [0.2, 0.25) is 0 Å². The van der Waals surface area contributed by atoms with Gasteiger partial charge < -0.3 is 10.4 Å². The monoisotopic (exact) mass is 193 g/mol. The third kappa shape index (κ3) is 3.13. The maximum atomic E-state index is 9.98.